The molecule has 0 radical (unpaired) electrons. The largest absolute Gasteiger partial charge is 0.445 e. The molecule has 2 fully saturated rings. The van der Waals surface area contributed by atoms with Gasteiger partial charge >= 0.3 is 6.09 Å². The SMILES string of the molecule is O=C(OCc1ccccc1)N1CC[C@@H]2C[C@H]1c1cc(N3CCCN(CCCF)CC3)ccc12. The molecule has 0 spiro atoms. The van der Waals surface area contributed by atoms with Crippen molar-refractivity contribution in [1.29, 1.82) is 0 Å². The maximum atomic E-state index is 13.0. The Kier molecular flexibility index (Phi) is 6.81. The maximum absolute atomic E-state index is 13.0. The molecule has 176 valence electrons. The van der Waals surface area contributed by atoms with Gasteiger partial charge < -0.3 is 19.4 Å². The van der Waals surface area contributed by atoms with Gasteiger partial charge in [-0.2, -0.15) is 0 Å². The maximum Gasteiger partial charge on any atom is 0.410 e. The topological polar surface area (TPSA) is 36.0 Å². The predicted octanol–water partition coefficient (Wildman–Crippen LogP) is 5.13. The molecule has 2 bridgehead atoms. The number of fused-ring (bicyclic) bond motifs is 5. The summed E-state index contributed by atoms with van der Waals surface area (Å²) in [6.45, 7) is 5.65. The van der Waals surface area contributed by atoms with Crippen LogP contribution in [0.4, 0.5) is 14.9 Å². The number of amides is 1. The Hall–Kier alpha value is -2.60. The van der Waals surface area contributed by atoms with Crippen molar-refractivity contribution in [3.63, 3.8) is 0 Å². The van der Waals surface area contributed by atoms with E-state index in [-0.39, 0.29) is 18.8 Å². The van der Waals surface area contributed by atoms with Gasteiger partial charge in [-0.25, -0.2) is 4.79 Å². The van der Waals surface area contributed by atoms with Crippen molar-refractivity contribution >= 4 is 11.8 Å². The Labute approximate surface area is 196 Å². The highest BCUT2D eigenvalue weighted by Crippen LogP contribution is 2.50. The number of likely N-dealkylation sites (tertiary alicyclic amines) is 1. The number of halogens is 1. The number of rotatable bonds is 6. The van der Waals surface area contributed by atoms with Crippen LogP contribution >= 0.6 is 0 Å². The van der Waals surface area contributed by atoms with Crippen LogP contribution in [0.1, 0.15) is 54.3 Å². The third-order valence-electron chi connectivity index (χ3n) is 7.47. The fourth-order valence-corrected chi connectivity index (χ4v) is 5.72. The van der Waals surface area contributed by atoms with Gasteiger partial charge in [0.05, 0.1) is 12.7 Å². The van der Waals surface area contributed by atoms with Gasteiger partial charge in [0.25, 0.3) is 0 Å². The van der Waals surface area contributed by atoms with Crippen LogP contribution in [0.5, 0.6) is 0 Å². The van der Waals surface area contributed by atoms with Crippen LogP contribution in [0, 0.1) is 0 Å². The van der Waals surface area contributed by atoms with E-state index in [9.17, 15) is 9.18 Å². The molecule has 0 N–H and O–H groups in total. The fraction of sp³-hybridized carbons (Fsp3) is 0.519. The molecule has 5 nitrogen and oxygen atoms in total. The first-order valence-corrected chi connectivity index (χ1v) is 12.4. The minimum atomic E-state index is -0.238. The minimum absolute atomic E-state index is 0.106. The quantitative estimate of drug-likeness (QED) is 0.610. The van der Waals surface area contributed by atoms with E-state index in [0.717, 1.165) is 64.1 Å². The Morgan fingerprint density at radius 1 is 1.00 bits per heavy atom. The van der Waals surface area contributed by atoms with Crippen LogP contribution in [-0.2, 0) is 11.3 Å². The summed E-state index contributed by atoms with van der Waals surface area (Å²) in [6.07, 6.45) is 3.50. The molecule has 2 aliphatic heterocycles. The summed E-state index contributed by atoms with van der Waals surface area (Å²) in [4.78, 5) is 19.8. The van der Waals surface area contributed by atoms with Gasteiger partial charge in [-0.1, -0.05) is 36.4 Å². The lowest BCUT2D eigenvalue weighted by Gasteiger charge is -2.33. The highest BCUT2D eigenvalue weighted by atomic mass is 19.1. The lowest BCUT2D eigenvalue weighted by atomic mass is 9.96. The Bertz CT molecular complexity index is 954. The summed E-state index contributed by atoms with van der Waals surface area (Å²) in [5, 5.41) is 0. The highest BCUT2D eigenvalue weighted by molar-refractivity contribution is 5.70. The van der Waals surface area contributed by atoms with Crippen LogP contribution in [-0.4, -0.2) is 61.8 Å². The first-order chi connectivity index (χ1) is 16.2. The minimum Gasteiger partial charge on any atom is -0.445 e. The van der Waals surface area contributed by atoms with Crippen LogP contribution in [0.2, 0.25) is 0 Å². The molecule has 0 saturated carbocycles. The van der Waals surface area contributed by atoms with Crippen LogP contribution in [0.25, 0.3) is 0 Å². The van der Waals surface area contributed by atoms with E-state index in [0.29, 0.717) is 18.9 Å². The van der Waals surface area contributed by atoms with Crippen LogP contribution in [0.3, 0.4) is 0 Å². The summed E-state index contributed by atoms with van der Waals surface area (Å²) >= 11 is 0. The van der Waals surface area contributed by atoms with Crippen LogP contribution < -0.4 is 4.90 Å². The molecule has 5 rings (SSSR count). The third kappa shape index (κ3) is 4.86. The Morgan fingerprint density at radius 2 is 1.88 bits per heavy atom. The molecule has 3 aliphatic rings. The van der Waals surface area contributed by atoms with E-state index >= 15 is 0 Å². The number of carbonyl (C=O) groups is 1. The molecule has 1 aliphatic carbocycles. The summed E-state index contributed by atoms with van der Waals surface area (Å²) in [6, 6.07) is 16.8. The number of alkyl halides is 1. The van der Waals surface area contributed by atoms with E-state index in [1.807, 2.05) is 35.2 Å². The molecule has 2 aromatic rings. The van der Waals surface area contributed by atoms with Gasteiger partial charge in [-0.3, -0.25) is 4.39 Å². The number of ether oxygens (including phenoxy) is 1. The molecule has 0 unspecified atom stereocenters. The van der Waals surface area contributed by atoms with Gasteiger partial charge in [-0.05, 0) is 67.0 Å². The van der Waals surface area contributed by atoms with Crippen molar-refractivity contribution in [3.8, 4) is 0 Å². The van der Waals surface area contributed by atoms with E-state index in [2.05, 4.69) is 28.0 Å². The zero-order valence-corrected chi connectivity index (χ0v) is 19.3. The van der Waals surface area contributed by atoms with Gasteiger partial charge in [0.2, 0.25) is 0 Å². The third-order valence-corrected chi connectivity index (χ3v) is 7.47. The molecule has 6 heteroatoms. The zero-order valence-electron chi connectivity index (χ0n) is 19.3. The second kappa shape index (κ2) is 10.1. The number of hydrogen-bond acceptors (Lipinski definition) is 4. The summed E-state index contributed by atoms with van der Waals surface area (Å²) < 4.78 is 18.3. The number of carbonyl (C=O) groups excluding carboxylic acids is 1. The van der Waals surface area contributed by atoms with Crippen molar-refractivity contribution in [2.45, 2.75) is 44.2 Å². The van der Waals surface area contributed by atoms with Gasteiger partial charge in [-0.15, -0.1) is 0 Å². The molecule has 1 amide bonds. The average molecular weight is 452 g/mol. The molecule has 2 atom stereocenters. The smallest absolute Gasteiger partial charge is 0.410 e. The van der Waals surface area contributed by atoms with E-state index < -0.39 is 0 Å². The fourth-order valence-electron chi connectivity index (χ4n) is 5.72. The second-order valence-corrected chi connectivity index (χ2v) is 9.51. The average Bonchev–Trinajstić information content (AvgIpc) is 3.00. The van der Waals surface area contributed by atoms with Crippen molar-refractivity contribution in [3.05, 3.63) is 65.2 Å². The Balaban J connectivity index is 1.27. The Morgan fingerprint density at radius 3 is 2.73 bits per heavy atom. The van der Waals surface area contributed by atoms with Gasteiger partial charge in [0.15, 0.2) is 0 Å². The lowest BCUT2D eigenvalue weighted by molar-refractivity contribution is 0.0694. The molecule has 0 aromatic heterocycles. The standard InChI is InChI=1S/C27H34FN3O2/c28-11-4-12-29-13-5-14-30(17-16-29)23-8-9-24-22-10-15-31(26(18-22)25(24)19-23)27(32)33-20-21-6-2-1-3-7-21/h1-3,6-9,19,22,26H,4-5,10-18,20H2/t22-,26+/m1/s1. The first-order valence-electron chi connectivity index (χ1n) is 12.4. The van der Waals surface area contributed by atoms with Gasteiger partial charge in [0.1, 0.15) is 6.61 Å². The molecule has 2 saturated heterocycles. The number of hydrogen-bond donors (Lipinski definition) is 0. The van der Waals surface area contributed by atoms with E-state index in [1.54, 1.807) is 0 Å². The molecular formula is C27H34FN3O2. The normalized spacial score (nSPS) is 22.7. The molecular weight excluding hydrogens is 417 g/mol. The van der Waals surface area contributed by atoms with Crippen molar-refractivity contribution < 1.29 is 13.9 Å². The van der Waals surface area contributed by atoms with Crippen molar-refractivity contribution in [2.75, 3.05) is 50.8 Å². The monoisotopic (exact) mass is 451 g/mol. The molecule has 2 heterocycles. The predicted molar refractivity (Wildman–Crippen MR) is 128 cm³/mol. The molecule has 33 heavy (non-hydrogen) atoms. The summed E-state index contributed by atoms with van der Waals surface area (Å²) in [5.74, 6) is 0.539. The van der Waals surface area contributed by atoms with Crippen molar-refractivity contribution in [1.82, 2.24) is 9.80 Å². The lowest BCUT2D eigenvalue weighted by Crippen LogP contribution is -2.37. The summed E-state index contributed by atoms with van der Waals surface area (Å²) in [7, 11) is 0. The zero-order chi connectivity index (χ0) is 22.6. The number of anilines is 1. The molecule has 2 aromatic carbocycles. The van der Waals surface area contributed by atoms with Gasteiger partial charge in [0, 0.05) is 38.4 Å². The van der Waals surface area contributed by atoms with E-state index in [1.165, 1.54) is 16.8 Å². The van der Waals surface area contributed by atoms with Crippen LogP contribution in [0.15, 0.2) is 48.5 Å². The highest BCUT2D eigenvalue weighted by Gasteiger charge is 2.41. The van der Waals surface area contributed by atoms with Crippen molar-refractivity contribution in [2.24, 2.45) is 0 Å². The number of piperidine rings is 1. The first kappa shape index (κ1) is 22.2. The summed E-state index contributed by atoms with van der Waals surface area (Å²) in [5.41, 5.74) is 4.95. The number of benzene rings is 2. The number of nitrogens with zero attached hydrogens (tertiary/aromatic N) is 3. The van der Waals surface area contributed by atoms with E-state index in [4.69, 9.17) is 4.74 Å². The second-order valence-electron chi connectivity index (χ2n) is 9.51.